The van der Waals surface area contributed by atoms with Crippen molar-refractivity contribution in [2.24, 2.45) is 5.73 Å². The minimum absolute atomic E-state index is 0.0335. The van der Waals surface area contributed by atoms with Crippen molar-refractivity contribution in [3.8, 4) is 0 Å². The Morgan fingerprint density at radius 1 is 1.40 bits per heavy atom. The Hall–Kier alpha value is -1.43. The first-order chi connectivity index (χ1) is 9.79. The number of hydrogen-bond donors (Lipinski definition) is 1. The Kier molecular flexibility index (Phi) is 4.00. The van der Waals surface area contributed by atoms with E-state index in [0.717, 1.165) is 23.4 Å². The molecule has 0 radical (unpaired) electrons. The van der Waals surface area contributed by atoms with Crippen LogP contribution in [0.4, 0.5) is 0 Å². The number of nitrogens with two attached hydrogens (primary N) is 1. The third-order valence-electron chi connectivity index (χ3n) is 3.79. The summed E-state index contributed by atoms with van der Waals surface area (Å²) >= 11 is 0. The zero-order chi connectivity index (χ0) is 13.9. The third kappa shape index (κ3) is 2.57. The van der Waals surface area contributed by atoms with Crippen LogP contribution in [-0.4, -0.2) is 41.5 Å². The molecule has 3 rings (SSSR count). The van der Waals surface area contributed by atoms with E-state index in [1.54, 1.807) is 0 Å². The lowest BCUT2D eigenvalue weighted by Crippen LogP contribution is -2.45. The van der Waals surface area contributed by atoms with Gasteiger partial charge >= 0.3 is 0 Å². The topological polar surface area (TPSA) is 62.3 Å². The molecule has 1 fully saturated rings. The van der Waals surface area contributed by atoms with Crippen molar-refractivity contribution >= 4 is 11.0 Å². The van der Waals surface area contributed by atoms with Crippen molar-refractivity contribution in [3.63, 3.8) is 0 Å². The molecule has 2 aromatic rings. The Morgan fingerprint density at radius 2 is 2.25 bits per heavy atom. The van der Waals surface area contributed by atoms with E-state index in [2.05, 4.69) is 17.6 Å². The highest BCUT2D eigenvalue weighted by Crippen LogP contribution is 2.18. The summed E-state index contributed by atoms with van der Waals surface area (Å²) in [5.41, 5.74) is 8.46. The van der Waals surface area contributed by atoms with Crippen LogP contribution in [0.3, 0.4) is 0 Å². The van der Waals surface area contributed by atoms with Gasteiger partial charge in [0, 0.05) is 19.0 Å². The molecule has 0 bridgehead atoms. The van der Waals surface area contributed by atoms with E-state index in [1.165, 1.54) is 0 Å². The first-order valence-electron chi connectivity index (χ1n) is 7.18. The molecular weight excluding hydrogens is 254 g/mol. The summed E-state index contributed by atoms with van der Waals surface area (Å²) in [7, 11) is 0. The normalized spacial score (nSPS) is 21.2. The molecule has 5 nitrogen and oxygen atoms in total. The van der Waals surface area contributed by atoms with Crippen LogP contribution in [0.2, 0.25) is 0 Å². The van der Waals surface area contributed by atoms with Gasteiger partial charge in [-0.25, -0.2) is 4.98 Å². The standard InChI is InChI=1S/C15H21N3O2/c1-2-18-13-6-4-3-5-12(13)17-15(18)9-11(16)14-10-19-7-8-20-14/h3-6,11,14H,2,7-10,16H2,1H3. The number of imidazole rings is 1. The highest BCUT2D eigenvalue weighted by atomic mass is 16.6. The number of aromatic nitrogens is 2. The second-order valence-electron chi connectivity index (χ2n) is 5.11. The number of fused-ring (bicyclic) bond motifs is 1. The van der Waals surface area contributed by atoms with Crippen molar-refractivity contribution < 1.29 is 9.47 Å². The quantitative estimate of drug-likeness (QED) is 0.914. The Balaban J connectivity index is 1.82. The molecule has 0 amide bonds. The second kappa shape index (κ2) is 5.91. The van der Waals surface area contributed by atoms with Gasteiger partial charge in [-0.1, -0.05) is 12.1 Å². The minimum atomic E-state index is -0.0857. The second-order valence-corrected chi connectivity index (χ2v) is 5.11. The van der Waals surface area contributed by atoms with Gasteiger partial charge in [0.25, 0.3) is 0 Å². The molecule has 2 unspecified atom stereocenters. The third-order valence-corrected chi connectivity index (χ3v) is 3.79. The predicted molar refractivity (Wildman–Crippen MR) is 77.6 cm³/mol. The minimum Gasteiger partial charge on any atom is -0.376 e. The molecule has 1 aromatic heterocycles. The number of para-hydroxylation sites is 2. The van der Waals surface area contributed by atoms with E-state index in [9.17, 15) is 0 Å². The highest BCUT2D eigenvalue weighted by Gasteiger charge is 2.24. The van der Waals surface area contributed by atoms with Crippen molar-refractivity contribution in [1.82, 2.24) is 9.55 Å². The van der Waals surface area contributed by atoms with Gasteiger partial charge in [-0.2, -0.15) is 0 Å². The van der Waals surface area contributed by atoms with Crippen LogP contribution in [0.15, 0.2) is 24.3 Å². The summed E-state index contributed by atoms with van der Waals surface area (Å²) in [6, 6.07) is 8.10. The van der Waals surface area contributed by atoms with Crippen LogP contribution < -0.4 is 5.73 Å². The average molecular weight is 275 g/mol. The monoisotopic (exact) mass is 275 g/mol. The van der Waals surface area contributed by atoms with E-state index in [1.807, 2.05) is 18.2 Å². The predicted octanol–water partition coefficient (Wildman–Crippen LogP) is 1.34. The fourth-order valence-electron chi connectivity index (χ4n) is 2.73. The lowest BCUT2D eigenvalue weighted by molar-refractivity contribution is -0.0969. The van der Waals surface area contributed by atoms with Crippen molar-refractivity contribution in [2.45, 2.75) is 32.0 Å². The molecule has 5 heteroatoms. The van der Waals surface area contributed by atoms with Gasteiger partial charge in [-0.3, -0.25) is 0 Å². The van der Waals surface area contributed by atoms with E-state index in [4.69, 9.17) is 20.2 Å². The Morgan fingerprint density at radius 3 is 3.00 bits per heavy atom. The molecule has 0 saturated carbocycles. The molecule has 108 valence electrons. The zero-order valence-electron chi connectivity index (χ0n) is 11.8. The van der Waals surface area contributed by atoms with Crippen molar-refractivity contribution in [2.75, 3.05) is 19.8 Å². The molecule has 1 aliphatic heterocycles. The molecule has 0 aliphatic carbocycles. The number of aryl methyl sites for hydroxylation is 1. The number of hydrogen-bond acceptors (Lipinski definition) is 4. The van der Waals surface area contributed by atoms with Gasteiger partial charge in [-0.05, 0) is 19.1 Å². The van der Waals surface area contributed by atoms with Crippen LogP contribution in [-0.2, 0) is 22.4 Å². The zero-order valence-corrected chi connectivity index (χ0v) is 11.8. The van der Waals surface area contributed by atoms with Crippen LogP contribution >= 0.6 is 0 Å². The van der Waals surface area contributed by atoms with Gasteiger partial charge in [0.15, 0.2) is 0 Å². The van der Waals surface area contributed by atoms with Gasteiger partial charge in [0.2, 0.25) is 0 Å². The highest BCUT2D eigenvalue weighted by molar-refractivity contribution is 5.75. The van der Waals surface area contributed by atoms with E-state index in [-0.39, 0.29) is 12.1 Å². The van der Waals surface area contributed by atoms with Gasteiger partial charge in [-0.15, -0.1) is 0 Å². The van der Waals surface area contributed by atoms with Crippen LogP contribution in [0, 0.1) is 0 Å². The van der Waals surface area contributed by atoms with E-state index in [0.29, 0.717) is 26.2 Å². The molecule has 0 spiro atoms. The summed E-state index contributed by atoms with van der Waals surface area (Å²) in [5, 5.41) is 0. The van der Waals surface area contributed by atoms with Crippen LogP contribution in [0.5, 0.6) is 0 Å². The summed E-state index contributed by atoms with van der Waals surface area (Å²) in [6.45, 7) is 4.89. The first-order valence-corrected chi connectivity index (χ1v) is 7.18. The molecular formula is C15H21N3O2. The maximum absolute atomic E-state index is 6.27. The number of nitrogens with zero attached hydrogens (tertiary/aromatic N) is 2. The first kappa shape index (κ1) is 13.5. The summed E-state index contributed by atoms with van der Waals surface area (Å²) in [6.07, 6.45) is 0.671. The molecule has 2 heterocycles. The Bertz CT molecular complexity index is 576. The molecule has 2 N–H and O–H groups in total. The summed E-state index contributed by atoms with van der Waals surface area (Å²) in [4.78, 5) is 4.70. The molecule has 20 heavy (non-hydrogen) atoms. The summed E-state index contributed by atoms with van der Waals surface area (Å²) < 4.78 is 13.3. The lowest BCUT2D eigenvalue weighted by Gasteiger charge is -2.27. The number of benzene rings is 1. The van der Waals surface area contributed by atoms with Crippen LogP contribution in [0.1, 0.15) is 12.7 Å². The fraction of sp³-hybridized carbons (Fsp3) is 0.533. The molecule has 1 saturated heterocycles. The fourth-order valence-corrected chi connectivity index (χ4v) is 2.73. The van der Waals surface area contributed by atoms with Gasteiger partial charge in [0.1, 0.15) is 5.82 Å². The Labute approximate surface area is 118 Å². The van der Waals surface area contributed by atoms with Crippen LogP contribution in [0.25, 0.3) is 11.0 Å². The average Bonchev–Trinajstić information content (AvgIpc) is 2.85. The number of ether oxygens (including phenoxy) is 2. The van der Waals surface area contributed by atoms with Gasteiger partial charge in [0.05, 0.1) is 37.0 Å². The largest absolute Gasteiger partial charge is 0.376 e. The smallest absolute Gasteiger partial charge is 0.111 e. The molecule has 1 aromatic carbocycles. The maximum Gasteiger partial charge on any atom is 0.111 e. The SMILES string of the molecule is CCn1c(CC(N)C2COCCO2)nc2ccccc21. The lowest BCUT2D eigenvalue weighted by atomic mass is 10.1. The number of rotatable bonds is 4. The van der Waals surface area contributed by atoms with Crippen molar-refractivity contribution in [1.29, 1.82) is 0 Å². The van der Waals surface area contributed by atoms with Gasteiger partial charge < -0.3 is 19.8 Å². The maximum atomic E-state index is 6.27. The van der Waals surface area contributed by atoms with E-state index < -0.39 is 0 Å². The van der Waals surface area contributed by atoms with Crippen molar-refractivity contribution in [3.05, 3.63) is 30.1 Å². The summed E-state index contributed by atoms with van der Waals surface area (Å²) in [5.74, 6) is 1.02. The van der Waals surface area contributed by atoms with E-state index >= 15 is 0 Å². The molecule has 2 atom stereocenters. The molecule has 1 aliphatic rings.